The number of aliphatic hydroxyl groups is 2. The molecule has 0 aromatic heterocycles. The Kier molecular flexibility index (Phi) is 10.4. The molecule has 0 spiro atoms. The molecule has 10 heteroatoms. The number of amides is 2. The second kappa shape index (κ2) is 12.5. The summed E-state index contributed by atoms with van der Waals surface area (Å²) in [6.07, 6.45) is -1.69. The van der Waals surface area contributed by atoms with Crippen LogP contribution in [0.3, 0.4) is 0 Å². The molecule has 0 saturated heterocycles. The fourth-order valence-corrected chi connectivity index (χ4v) is 2.16. The summed E-state index contributed by atoms with van der Waals surface area (Å²) in [5.74, 6) is -1.39. The molecule has 2 unspecified atom stereocenters. The van der Waals surface area contributed by atoms with Crippen LogP contribution in [0.5, 0.6) is 5.75 Å². The van der Waals surface area contributed by atoms with E-state index in [0.717, 1.165) is 0 Å². The third kappa shape index (κ3) is 9.74. The van der Waals surface area contributed by atoms with E-state index in [1.54, 1.807) is 24.3 Å². The molecular weight excluding hydrogens is 370 g/mol. The number of ether oxygens (including phenoxy) is 1. The van der Waals surface area contributed by atoms with Crippen molar-refractivity contribution in [2.24, 2.45) is 0 Å². The highest BCUT2D eigenvalue weighted by molar-refractivity contribution is 5.89. The lowest BCUT2D eigenvalue weighted by molar-refractivity contribution is -0.137. The van der Waals surface area contributed by atoms with Crippen LogP contribution in [-0.2, 0) is 14.4 Å². The molecule has 1 aromatic rings. The van der Waals surface area contributed by atoms with E-state index in [2.05, 4.69) is 16.0 Å². The molecular formula is C18H27N3O7. The molecule has 6 N–H and O–H groups in total. The number of benzene rings is 1. The summed E-state index contributed by atoms with van der Waals surface area (Å²) in [7, 11) is 0. The van der Waals surface area contributed by atoms with Gasteiger partial charge >= 0.3 is 5.97 Å². The van der Waals surface area contributed by atoms with Gasteiger partial charge in [-0.15, -0.1) is 0 Å². The lowest BCUT2D eigenvalue weighted by Gasteiger charge is -2.21. The average Bonchev–Trinajstić information content (AvgIpc) is 2.63. The molecule has 0 aliphatic carbocycles. The van der Waals surface area contributed by atoms with Crippen molar-refractivity contribution in [3.8, 4) is 5.75 Å². The Balaban J connectivity index is 2.66. The zero-order valence-electron chi connectivity index (χ0n) is 15.7. The number of hydrogen-bond donors (Lipinski definition) is 6. The van der Waals surface area contributed by atoms with Crippen LogP contribution >= 0.6 is 0 Å². The first-order valence-corrected chi connectivity index (χ1v) is 8.89. The number of anilines is 1. The summed E-state index contributed by atoms with van der Waals surface area (Å²) < 4.78 is 5.43. The van der Waals surface area contributed by atoms with Gasteiger partial charge in [-0.1, -0.05) is 0 Å². The minimum Gasteiger partial charge on any atom is -0.494 e. The Labute approximate surface area is 162 Å². The molecule has 156 valence electrons. The van der Waals surface area contributed by atoms with Crippen molar-refractivity contribution in [1.29, 1.82) is 0 Å². The normalized spacial score (nSPS) is 12.5. The maximum Gasteiger partial charge on any atom is 0.303 e. The number of aliphatic carboxylic acids is 1. The summed E-state index contributed by atoms with van der Waals surface area (Å²) in [5, 5.41) is 34.5. The van der Waals surface area contributed by atoms with Crippen molar-refractivity contribution in [2.75, 3.05) is 25.1 Å². The third-order valence-corrected chi connectivity index (χ3v) is 3.43. The van der Waals surface area contributed by atoms with Crippen LogP contribution in [-0.4, -0.2) is 65.1 Å². The van der Waals surface area contributed by atoms with Crippen LogP contribution in [0.1, 0.15) is 26.2 Å². The van der Waals surface area contributed by atoms with Gasteiger partial charge in [0.2, 0.25) is 5.91 Å². The van der Waals surface area contributed by atoms with Crippen LogP contribution in [0, 0.1) is 0 Å². The van der Waals surface area contributed by atoms with Gasteiger partial charge in [-0.2, -0.15) is 0 Å². The van der Waals surface area contributed by atoms with Gasteiger partial charge in [-0.3, -0.25) is 14.4 Å². The molecule has 0 fully saturated rings. The number of nitrogens with one attached hydrogen (secondary N) is 3. The first-order chi connectivity index (χ1) is 13.3. The molecule has 0 radical (unpaired) electrons. The molecule has 0 saturated carbocycles. The number of carboxylic acids is 1. The molecule has 28 heavy (non-hydrogen) atoms. The zero-order valence-corrected chi connectivity index (χ0v) is 15.7. The minimum absolute atomic E-state index is 0.0242. The maximum atomic E-state index is 12.2. The molecule has 0 aliphatic rings. The molecule has 0 heterocycles. The van der Waals surface area contributed by atoms with Gasteiger partial charge in [0.1, 0.15) is 5.75 Å². The summed E-state index contributed by atoms with van der Waals surface area (Å²) in [6.45, 7) is 1.52. The van der Waals surface area contributed by atoms with E-state index in [-0.39, 0.29) is 32.6 Å². The molecule has 1 rings (SSSR count). The fraction of sp³-hybridized carbons (Fsp3) is 0.500. The maximum absolute atomic E-state index is 12.2. The zero-order chi connectivity index (χ0) is 20.9. The topological polar surface area (TPSA) is 157 Å². The molecule has 0 bridgehead atoms. The number of rotatable bonds is 13. The Morgan fingerprint density at radius 3 is 2.43 bits per heavy atom. The Hall–Kier alpha value is -2.85. The van der Waals surface area contributed by atoms with E-state index in [9.17, 15) is 19.5 Å². The molecule has 1 aromatic carbocycles. The van der Waals surface area contributed by atoms with E-state index in [1.807, 2.05) is 0 Å². The van der Waals surface area contributed by atoms with Crippen molar-refractivity contribution >= 4 is 23.5 Å². The highest BCUT2D eigenvalue weighted by Gasteiger charge is 2.21. The summed E-state index contributed by atoms with van der Waals surface area (Å²) in [5.41, 5.74) is 0.527. The molecule has 2 amide bonds. The smallest absolute Gasteiger partial charge is 0.303 e. The Morgan fingerprint density at radius 1 is 1.18 bits per heavy atom. The van der Waals surface area contributed by atoms with E-state index in [0.29, 0.717) is 17.9 Å². The first kappa shape index (κ1) is 23.2. The van der Waals surface area contributed by atoms with E-state index >= 15 is 0 Å². The number of carbonyl (C=O) groups excluding carboxylic acids is 2. The average molecular weight is 397 g/mol. The second-order valence-electron chi connectivity index (χ2n) is 6.08. The van der Waals surface area contributed by atoms with Crippen molar-refractivity contribution in [2.45, 2.75) is 38.5 Å². The Morgan fingerprint density at radius 2 is 1.86 bits per heavy atom. The summed E-state index contributed by atoms with van der Waals surface area (Å²) >= 11 is 0. The van der Waals surface area contributed by atoms with Gasteiger partial charge in [0.15, 0.2) is 6.17 Å². The number of carbonyl (C=O) groups is 3. The lowest BCUT2D eigenvalue weighted by atomic mass is 10.2. The number of aliphatic hydroxyl groups excluding tert-OH is 2. The van der Waals surface area contributed by atoms with Crippen LogP contribution < -0.4 is 20.7 Å². The molecule has 2 atom stereocenters. The standard InChI is InChI=1S/C18H27N3O7/c1-12(23)11-15(24)21-17(18(27)19-8-9-22)20-13-4-6-14(7-5-13)28-10-2-3-16(25)26/h4-7,12,17,20,22-23H,2-3,8-11H2,1H3,(H,19,27)(H,21,24)(H,25,26). The second-order valence-corrected chi connectivity index (χ2v) is 6.08. The highest BCUT2D eigenvalue weighted by atomic mass is 16.5. The predicted molar refractivity (Wildman–Crippen MR) is 101 cm³/mol. The third-order valence-electron chi connectivity index (χ3n) is 3.43. The van der Waals surface area contributed by atoms with Gasteiger partial charge in [-0.05, 0) is 37.6 Å². The van der Waals surface area contributed by atoms with Gasteiger partial charge in [-0.25, -0.2) is 0 Å². The van der Waals surface area contributed by atoms with Crippen LogP contribution in [0.2, 0.25) is 0 Å². The van der Waals surface area contributed by atoms with Gasteiger partial charge in [0.25, 0.3) is 5.91 Å². The number of carboxylic acid groups (broad SMARTS) is 1. The predicted octanol–water partition coefficient (Wildman–Crippen LogP) is -0.336. The van der Waals surface area contributed by atoms with Gasteiger partial charge < -0.3 is 36.0 Å². The van der Waals surface area contributed by atoms with Crippen molar-refractivity contribution < 1.29 is 34.4 Å². The van der Waals surface area contributed by atoms with Crippen LogP contribution in [0.25, 0.3) is 0 Å². The summed E-state index contributed by atoms with van der Waals surface area (Å²) in [6, 6.07) is 6.56. The SMILES string of the molecule is CC(O)CC(=O)NC(Nc1ccc(OCCCC(=O)O)cc1)C(=O)NCCO. The highest BCUT2D eigenvalue weighted by Crippen LogP contribution is 2.16. The van der Waals surface area contributed by atoms with E-state index in [4.69, 9.17) is 14.9 Å². The van der Waals surface area contributed by atoms with Crippen molar-refractivity contribution in [3.63, 3.8) is 0 Å². The van der Waals surface area contributed by atoms with Gasteiger partial charge in [0, 0.05) is 18.7 Å². The van der Waals surface area contributed by atoms with Crippen molar-refractivity contribution in [1.82, 2.24) is 10.6 Å². The monoisotopic (exact) mass is 397 g/mol. The summed E-state index contributed by atoms with van der Waals surface area (Å²) in [4.78, 5) is 34.5. The van der Waals surface area contributed by atoms with Crippen LogP contribution in [0.15, 0.2) is 24.3 Å². The van der Waals surface area contributed by atoms with Crippen LogP contribution in [0.4, 0.5) is 5.69 Å². The van der Waals surface area contributed by atoms with Crippen molar-refractivity contribution in [3.05, 3.63) is 24.3 Å². The molecule has 0 aliphatic heterocycles. The quantitative estimate of drug-likeness (QED) is 0.195. The lowest BCUT2D eigenvalue weighted by Crippen LogP contribution is -2.52. The minimum atomic E-state index is -1.10. The fourth-order valence-electron chi connectivity index (χ4n) is 2.16. The van der Waals surface area contributed by atoms with E-state index < -0.39 is 30.1 Å². The first-order valence-electron chi connectivity index (χ1n) is 8.89. The van der Waals surface area contributed by atoms with E-state index in [1.165, 1.54) is 6.92 Å². The molecule has 10 nitrogen and oxygen atoms in total. The van der Waals surface area contributed by atoms with Gasteiger partial charge in [0.05, 0.1) is 25.7 Å². The largest absolute Gasteiger partial charge is 0.494 e. The number of hydrogen-bond acceptors (Lipinski definition) is 7. The Bertz CT molecular complexity index is 635.